The second kappa shape index (κ2) is 4.08. The number of nitrogens with zero attached hydrogens (tertiary/aromatic N) is 1. The molecule has 0 fully saturated rings. The Morgan fingerprint density at radius 2 is 1.82 bits per heavy atom. The third-order valence-corrected chi connectivity index (χ3v) is 3.80. The first-order valence-corrected chi connectivity index (χ1v) is 6.33. The van der Waals surface area contributed by atoms with Crippen LogP contribution in [0.15, 0.2) is 21.4 Å². The maximum atomic E-state index is 11.7. The van der Waals surface area contributed by atoms with Crippen molar-refractivity contribution in [3.63, 3.8) is 0 Å². The van der Waals surface area contributed by atoms with Crippen LogP contribution in [0, 0.1) is 0 Å². The minimum absolute atomic E-state index is 0.000417. The zero-order chi connectivity index (χ0) is 12.6. The molecule has 0 saturated carbocycles. The molecule has 0 radical (unpaired) electrons. The van der Waals surface area contributed by atoms with E-state index >= 15 is 0 Å². The second-order valence-electron chi connectivity index (χ2n) is 3.19. The fraction of sp³-hybridized carbons (Fsp3) is 0.222. The van der Waals surface area contributed by atoms with Gasteiger partial charge in [0.05, 0.1) is 19.9 Å². The van der Waals surface area contributed by atoms with Crippen molar-refractivity contribution in [2.75, 3.05) is 19.5 Å². The van der Waals surface area contributed by atoms with Crippen LogP contribution in [0.4, 0.5) is 5.69 Å². The molecule has 2 rings (SSSR count). The lowest BCUT2D eigenvalue weighted by atomic mass is 10.2. The van der Waals surface area contributed by atoms with Gasteiger partial charge in [0.25, 0.3) is 10.0 Å². The zero-order valence-corrected chi connectivity index (χ0v) is 10.6. The Hall–Kier alpha value is -1.47. The quantitative estimate of drug-likeness (QED) is 0.827. The van der Waals surface area contributed by atoms with Crippen molar-refractivity contribution in [1.82, 2.24) is 0 Å². The Kier molecular flexibility index (Phi) is 2.88. The molecule has 92 valence electrons. The van der Waals surface area contributed by atoms with E-state index in [1.165, 1.54) is 26.4 Å². The van der Waals surface area contributed by atoms with Crippen LogP contribution in [-0.4, -0.2) is 27.9 Å². The summed E-state index contributed by atoms with van der Waals surface area (Å²) in [5.74, 6) is 0.713. The number of anilines is 1. The fourth-order valence-electron chi connectivity index (χ4n) is 1.46. The molecule has 1 N–H and O–H groups in total. The lowest BCUT2D eigenvalue weighted by Gasteiger charge is -2.17. The number of hydrogen-bond donors (Lipinski definition) is 1. The standard InChI is InChI=1S/C9H9ClN2O4S/c1-15-6-3-5-8(4-7(6)16-2)17(13,14)12-9(10)11-5/h3-4H,1-2H3,(H,11,12). The van der Waals surface area contributed by atoms with E-state index < -0.39 is 10.0 Å². The van der Waals surface area contributed by atoms with Crippen LogP contribution in [0.3, 0.4) is 0 Å². The van der Waals surface area contributed by atoms with Crippen molar-refractivity contribution in [2.24, 2.45) is 4.40 Å². The molecule has 0 amide bonds. The molecule has 0 atom stereocenters. The minimum Gasteiger partial charge on any atom is -0.493 e. The third-order valence-electron chi connectivity index (χ3n) is 2.20. The van der Waals surface area contributed by atoms with Crippen molar-refractivity contribution in [1.29, 1.82) is 0 Å². The minimum atomic E-state index is -3.79. The average molecular weight is 277 g/mol. The molecule has 0 aromatic heterocycles. The summed E-state index contributed by atoms with van der Waals surface area (Å²) in [4.78, 5) is -0.000417. The van der Waals surface area contributed by atoms with E-state index in [2.05, 4.69) is 9.71 Å². The molecule has 0 bridgehead atoms. The van der Waals surface area contributed by atoms with Crippen molar-refractivity contribution in [3.8, 4) is 11.5 Å². The van der Waals surface area contributed by atoms with E-state index in [9.17, 15) is 8.42 Å². The molecule has 0 spiro atoms. The maximum Gasteiger partial charge on any atom is 0.287 e. The predicted molar refractivity (Wildman–Crippen MR) is 63.6 cm³/mol. The summed E-state index contributed by atoms with van der Waals surface area (Å²) in [6.45, 7) is 0. The predicted octanol–water partition coefficient (Wildman–Crippen LogP) is 1.41. The van der Waals surface area contributed by atoms with Gasteiger partial charge in [0, 0.05) is 12.1 Å². The summed E-state index contributed by atoms with van der Waals surface area (Å²) in [5, 5.41) is 2.44. The highest BCUT2D eigenvalue weighted by Crippen LogP contribution is 2.38. The van der Waals surface area contributed by atoms with Crippen LogP contribution in [0.25, 0.3) is 0 Å². The van der Waals surface area contributed by atoms with Gasteiger partial charge in [-0.1, -0.05) is 0 Å². The first-order valence-electron chi connectivity index (χ1n) is 4.51. The smallest absolute Gasteiger partial charge is 0.287 e. The molecule has 0 saturated heterocycles. The zero-order valence-electron chi connectivity index (χ0n) is 9.02. The van der Waals surface area contributed by atoms with Gasteiger partial charge >= 0.3 is 0 Å². The number of sulfonamides is 1. The molecule has 1 aromatic carbocycles. The van der Waals surface area contributed by atoms with Crippen LogP contribution in [0.2, 0.25) is 0 Å². The number of halogens is 1. The van der Waals surface area contributed by atoms with Crippen LogP contribution in [0.5, 0.6) is 11.5 Å². The molecule has 0 unspecified atom stereocenters. The molecule has 8 heteroatoms. The largest absolute Gasteiger partial charge is 0.493 e. The topological polar surface area (TPSA) is 77.0 Å². The second-order valence-corrected chi connectivity index (χ2v) is 5.12. The number of fused-ring (bicyclic) bond motifs is 1. The summed E-state index contributed by atoms with van der Waals surface area (Å²) >= 11 is 5.59. The van der Waals surface area contributed by atoms with E-state index in [4.69, 9.17) is 21.1 Å². The summed E-state index contributed by atoms with van der Waals surface area (Å²) in [6.07, 6.45) is 0. The van der Waals surface area contributed by atoms with Crippen LogP contribution >= 0.6 is 11.6 Å². The normalized spacial score (nSPS) is 16.5. The molecular weight excluding hydrogens is 268 g/mol. The fourth-order valence-corrected chi connectivity index (χ4v) is 2.83. The molecular formula is C9H9ClN2O4S. The highest BCUT2D eigenvalue weighted by atomic mass is 35.5. The van der Waals surface area contributed by atoms with E-state index in [-0.39, 0.29) is 10.2 Å². The van der Waals surface area contributed by atoms with Crippen molar-refractivity contribution in [3.05, 3.63) is 12.1 Å². The maximum absolute atomic E-state index is 11.7. The van der Waals surface area contributed by atoms with Gasteiger partial charge in [-0.15, -0.1) is 4.40 Å². The molecule has 1 heterocycles. The van der Waals surface area contributed by atoms with E-state index in [0.29, 0.717) is 17.2 Å². The number of amidine groups is 1. The summed E-state index contributed by atoms with van der Waals surface area (Å²) in [7, 11) is -0.915. The van der Waals surface area contributed by atoms with E-state index in [1.54, 1.807) is 0 Å². The van der Waals surface area contributed by atoms with Crippen LogP contribution in [-0.2, 0) is 10.0 Å². The van der Waals surface area contributed by atoms with Crippen molar-refractivity contribution < 1.29 is 17.9 Å². The Labute approximate surface area is 103 Å². The number of ether oxygens (including phenoxy) is 2. The Morgan fingerprint density at radius 1 is 1.24 bits per heavy atom. The molecule has 1 aliphatic rings. The van der Waals surface area contributed by atoms with Gasteiger partial charge in [-0.3, -0.25) is 0 Å². The molecule has 1 aliphatic heterocycles. The van der Waals surface area contributed by atoms with E-state index in [1.807, 2.05) is 0 Å². The monoisotopic (exact) mass is 276 g/mol. The van der Waals surface area contributed by atoms with E-state index in [0.717, 1.165) is 0 Å². The molecule has 0 aliphatic carbocycles. The number of nitrogens with one attached hydrogen (secondary N) is 1. The summed E-state index contributed by atoms with van der Waals surface area (Å²) in [5.41, 5.74) is 0.308. The number of hydrogen-bond acceptors (Lipinski definition) is 5. The first kappa shape index (κ1) is 12.0. The van der Waals surface area contributed by atoms with Gasteiger partial charge in [-0.05, 0) is 11.6 Å². The number of methoxy groups -OCH3 is 2. The van der Waals surface area contributed by atoms with Gasteiger partial charge in [0.2, 0.25) is 5.29 Å². The third kappa shape index (κ3) is 2.03. The van der Waals surface area contributed by atoms with Gasteiger partial charge in [-0.25, -0.2) is 0 Å². The summed E-state index contributed by atoms with van der Waals surface area (Å²) < 4.78 is 36.9. The SMILES string of the molecule is COc1cc2c(cc1OC)S(=O)(=O)N=C(Cl)N2. The molecule has 6 nitrogen and oxygen atoms in total. The highest BCUT2D eigenvalue weighted by molar-refractivity contribution is 7.90. The number of benzene rings is 1. The lowest BCUT2D eigenvalue weighted by molar-refractivity contribution is 0.354. The van der Waals surface area contributed by atoms with Crippen LogP contribution in [0.1, 0.15) is 0 Å². The molecule has 17 heavy (non-hydrogen) atoms. The highest BCUT2D eigenvalue weighted by Gasteiger charge is 2.26. The van der Waals surface area contributed by atoms with Crippen molar-refractivity contribution >= 4 is 32.6 Å². The van der Waals surface area contributed by atoms with Crippen LogP contribution < -0.4 is 14.8 Å². The van der Waals surface area contributed by atoms with Gasteiger partial charge in [0.15, 0.2) is 11.5 Å². The Balaban J connectivity index is 2.69. The van der Waals surface area contributed by atoms with Gasteiger partial charge in [-0.2, -0.15) is 8.42 Å². The Morgan fingerprint density at radius 3 is 2.41 bits per heavy atom. The average Bonchev–Trinajstić information content (AvgIpc) is 2.26. The summed E-state index contributed by atoms with van der Waals surface area (Å²) in [6, 6.07) is 2.83. The van der Waals surface area contributed by atoms with Gasteiger partial charge in [0.1, 0.15) is 4.90 Å². The lowest BCUT2D eigenvalue weighted by Crippen LogP contribution is -2.17. The van der Waals surface area contributed by atoms with Gasteiger partial charge < -0.3 is 14.8 Å². The first-order chi connectivity index (χ1) is 7.97. The number of rotatable bonds is 2. The molecule has 1 aromatic rings. The Bertz CT molecular complexity index is 597. The van der Waals surface area contributed by atoms with Crippen molar-refractivity contribution in [2.45, 2.75) is 4.90 Å².